The maximum atomic E-state index is 14.3. The molecule has 1 amide bonds. The van der Waals surface area contributed by atoms with Gasteiger partial charge in [-0.05, 0) is 53.7 Å². The number of nitrogens with two attached hydrogens (primary N) is 1. The van der Waals surface area contributed by atoms with Crippen molar-refractivity contribution in [3.8, 4) is 5.75 Å². The topological polar surface area (TPSA) is 182 Å². The number of ketones is 2. The highest BCUT2D eigenvalue weighted by Crippen LogP contribution is 2.56. The van der Waals surface area contributed by atoms with Crippen LogP contribution in [0.4, 0.5) is 0 Å². The van der Waals surface area contributed by atoms with Crippen LogP contribution < -0.4 is 5.73 Å². The van der Waals surface area contributed by atoms with Crippen LogP contribution in [-0.2, 0) is 14.4 Å². The summed E-state index contributed by atoms with van der Waals surface area (Å²) in [6, 6.07) is 16.3. The highest BCUT2D eigenvalue weighted by atomic mass is 16.4. The molecule has 42 heavy (non-hydrogen) atoms. The average molecular weight is 569 g/mol. The van der Waals surface area contributed by atoms with Gasteiger partial charge in [0, 0.05) is 5.92 Å². The number of aromatic hydroxyl groups is 1. The first-order valence-corrected chi connectivity index (χ1v) is 13.2. The molecule has 3 aromatic rings. The van der Waals surface area contributed by atoms with Crippen LogP contribution in [0.15, 0.2) is 77.6 Å². The predicted octanol–water partition coefficient (Wildman–Crippen LogP) is 2.09. The largest absolute Gasteiger partial charge is 0.508 e. The molecule has 1 fully saturated rings. The lowest BCUT2D eigenvalue weighted by Gasteiger charge is -2.53. The number of carbonyl (C=O) groups excluding carboxylic acids is 3. The van der Waals surface area contributed by atoms with Gasteiger partial charge in [-0.15, -0.1) is 0 Å². The molecule has 6 rings (SSSR count). The Morgan fingerprint density at radius 1 is 0.976 bits per heavy atom. The molecule has 3 aromatic carbocycles. The number of carbonyl (C=O) groups is 3. The van der Waals surface area contributed by atoms with Crippen LogP contribution in [0.5, 0.6) is 5.75 Å². The van der Waals surface area contributed by atoms with Crippen molar-refractivity contribution in [3.05, 3.63) is 94.3 Å². The number of nitrogens with zero attached hydrogens (tertiary/aromatic N) is 1. The summed E-state index contributed by atoms with van der Waals surface area (Å²) in [6.45, 7) is 0. The van der Waals surface area contributed by atoms with Gasteiger partial charge in [0.2, 0.25) is 5.78 Å². The van der Waals surface area contributed by atoms with Crippen molar-refractivity contribution in [2.24, 2.45) is 17.6 Å². The number of benzene rings is 3. The molecular weight excluding hydrogens is 540 g/mol. The molecular formula is C32H28N2O8. The summed E-state index contributed by atoms with van der Waals surface area (Å²) in [6.07, 6.45) is -0.0253. The molecule has 3 aliphatic carbocycles. The third-order valence-corrected chi connectivity index (χ3v) is 8.63. The van der Waals surface area contributed by atoms with E-state index < -0.39 is 69.7 Å². The van der Waals surface area contributed by atoms with Gasteiger partial charge in [-0.25, -0.2) is 0 Å². The maximum absolute atomic E-state index is 14.3. The number of phenolic OH excluding ortho intramolecular Hbond substituents is 1. The fourth-order valence-corrected chi connectivity index (χ4v) is 6.79. The predicted molar refractivity (Wildman–Crippen MR) is 154 cm³/mol. The van der Waals surface area contributed by atoms with E-state index in [4.69, 9.17) is 5.73 Å². The number of aliphatic hydroxyl groups excluding tert-OH is 3. The molecule has 7 N–H and O–H groups in total. The Morgan fingerprint density at radius 2 is 1.67 bits per heavy atom. The summed E-state index contributed by atoms with van der Waals surface area (Å²) >= 11 is 0. The second-order valence-electron chi connectivity index (χ2n) is 11.1. The summed E-state index contributed by atoms with van der Waals surface area (Å²) in [7, 11) is 2.92. The molecule has 0 saturated heterocycles. The smallest absolute Gasteiger partial charge is 0.255 e. The van der Waals surface area contributed by atoms with E-state index in [1.54, 1.807) is 18.2 Å². The van der Waals surface area contributed by atoms with Crippen LogP contribution in [0.2, 0.25) is 0 Å². The number of fused-ring (bicyclic) bond motifs is 4. The number of hydrogen-bond donors (Lipinski definition) is 6. The van der Waals surface area contributed by atoms with Crippen LogP contribution in [0.1, 0.15) is 16.7 Å². The number of Topliss-reactive ketones (excluding diaryl/α,β-unsaturated/α-hetero) is 2. The summed E-state index contributed by atoms with van der Waals surface area (Å²) < 4.78 is 0. The zero-order valence-corrected chi connectivity index (χ0v) is 22.6. The second-order valence-corrected chi connectivity index (χ2v) is 11.1. The van der Waals surface area contributed by atoms with Crippen LogP contribution in [0.3, 0.4) is 0 Å². The third kappa shape index (κ3) is 3.59. The van der Waals surface area contributed by atoms with Crippen molar-refractivity contribution in [3.63, 3.8) is 0 Å². The first kappa shape index (κ1) is 27.4. The van der Waals surface area contributed by atoms with Gasteiger partial charge < -0.3 is 31.3 Å². The standard InChI is InChI=1S/C32H28N2O8/c1-34(2)25-24-27(37)21-18(13-14-10-11-15-6-3-4-7-16(15)12-14)17-8-5-9-19(35)20(17)26(36)22(21)29(39)32(24,42)30(40)23(28(25)38)31(33)41/h3-13,21,24-25,27,35-37,40,42H,1-2H3,(H2,33,41)/b18-13+. The van der Waals surface area contributed by atoms with E-state index in [-0.39, 0.29) is 11.3 Å². The van der Waals surface area contributed by atoms with Crippen molar-refractivity contribution in [2.45, 2.75) is 17.7 Å². The number of rotatable bonds is 3. The number of hydrogen-bond acceptors (Lipinski definition) is 9. The summed E-state index contributed by atoms with van der Waals surface area (Å²) in [4.78, 5) is 41.2. The van der Waals surface area contributed by atoms with Gasteiger partial charge in [-0.2, -0.15) is 0 Å². The van der Waals surface area contributed by atoms with Gasteiger partial charge >= 0.3 is 0 Å². The minimum Gasteiger partial charge on any atom is -0.508 e. The number of likely N-dealkylation sites (N-methyl/N-ethyl adjacent to an activating group) is 1. The van der Waals surface area contributed by atoms with Gasteiger partial charge in [-0.1, -0.05) is 54.6 Å². The third-order valence-electron chi connectivity index (χ3n) is 8.63. The Morgan fingerprint density at radius 3 is 2.33 bits per heavy atom. The molecule has 214 valence electrons. The molecule has 5 unspecified atom stereocenters. The molecule has 1 saturated carbocycles. The molecule has 10 heteroatoms. The molecule has 0 heterocycles. The Balaban J connectivity index is 1.66. The SMILES string of the molecule is CN(C)C1C(=O)C(C(N)=O)=C(O)C2(O)C(=O)C3=C(O)c4c(O)cccc4/C(=C\c4ccc5ccccc5c4)C3C(O)C12. The van der Waals surface area contributed by atoms with Gasteiger partial charge in [0.15, 0.2) is 11.4 Å². The van der Waals surface area contributed by atoms with E-state index in [9.17, 15) is 39.9 Å². The van der Waals surface area contributed by atoms with Crippen LogP contribution in [0.25, 0.3) is 28.2 Å². The number of primary amides is 1. The molecule has 10 nitrogen and oxygen atoms in total. The molecule has 0 aromatic heterocycles. The molecule has 0 spiro atoms. The van der Waals surface area contributed by atoms with Crippen molar-refractivity contribution >= 4 is 45.7 Å². The van der Waals surface area contributed by atoms with Crippen LogP contribution >= 0.6 is 0 Å². The quantitative estimate of drug-likeness (QED) is 0.258. The monoisotopic (exact) mass is 568 g/mol. The van der Waals surface area contributed by atoms with E-state index in [0.717, 1.165) is 10.8 Å². The Kier molecular flexibility index (Phi) is 6.12. The average Bonchev–Trinajstić information content (AvgIpc) is 2.94. The Hall–Kier alpha value is -4.77. The van der Waals surface area contributed by atoms with Crippen molar-refractivity contribution in [2.75, 3.05) is 14.1 Å². The Bertz CT molecular complexity index is 1820. The zero-order chi connectivity index (χ0) is 30.2. The van der Waals surface area contributed by atoms with E-state index >= 15 is 0 Å². The van der Waals surface area contributed by atoms with Gasteiger partial charge in [0.25, 0.3) is 5.91 Å². The second kappa shape index (κ2) is 9.38. The van der Waals surface area contributed by atoms with Crippen LogP contribution in [-0.4, -0.2) is 79.7 Å². The zero-order valence-electron chi connectivity index (χ0n) is 22.6. The van der Waals surface area contributed by atoms with E-state index in [0.29, 0.717) is 16.7 Å². The van der Waals surface area contributed by atoms with Crippen LogP contribution in [0, 0.1) is 11.8 Å². The first-order valence-electron chi connectivity index (χ1n) is 13.2. The summed E-state index contributed by atoms with van der Waals surface area (Å²) in [5, 5.41) is 59.1. The van der Waals surface area contributed by atoms with Gasteiger partial charge in [-0.3, -0.25) is 19.3 Å². The van der Waals surface area contributed by atoms with E-state index in [2.05, 4.69) is 0 Å². The minimum absolute atomic E-state index is 0.104. The summed E-state index contributed by atoms with van der Waals surface area (Å²) in [5.41, 5.74) is 2.19. The van der Waals surface area contributed by atoms with E-state index in [1.165, 1.54) is 25.1 Å². The highest BCUT2D eigenvalue weighted by molar-refractivity contribution is 6.25. The fraction of sp³-hybridized carbons (Fsp3) is 0.219. The van der Waals surface area contributed by atoms with Gasteiger partial charge in [0.05, 0.1) is 29.2 Å². The molecule has 0 aliphatic heterocycles. The molecule has 0 radical (unpaired) electrons. The number of phenols is 1. The summed E-state index contributed by atoms with van der Waals surface area (Å²) in [5.74, 6) is -8.84. The lowest BCUT2D eigenvalue weighted by molar-refractivity contribution is -0.166. The number of amides is 1. The van der Waals surface area contributed by atoms with E-state index in [1.807, 2.05) is 42.5 Å². The minimum atomic E-state index is -2.98. The van der Waals surface area contributed by atoms with Crippen molar-refractivity contribution in [1.29, 1.82) is 0 Å². The lowest BCUT2D eigenvalue weighted by atomic mass is 9.55. The van der Waals surface area contributed by atoms with Crippen molar-refractivity contribution < 1.29 is 39.9 Å². The normalized spacial score (nSPS) is 28.3. The number of aliphatic hydroxyl groups is 4. The fourth-order valence-electron chi connectivity index (χ4n) is 6.79. The maximum Gasteiger partial charge on any atom is 0.255 e. The molecule has 0 bridgehead atoms. The molecule has 3 aliphatic rings. The van der Waals surface area contributed by atoms with Gasteiger partial charge in [0.1, 0.15) is 22.8 Å². The highest BCUT2D eigenvalue weighted by Gasteiger charge is 2.68. The Labute approximate surface area is 239 Å². The van der Waals surface area contributed by atoms with Crippen molar-refractivity contribution in [1.82, 2.24) is 4.90 Å². The molecule has 5 atom stereocenters. The lowest BCUT2D eigenvalue weighted by Crippen LogP contribution is -2.70. The first-order chi connectivity index (χ1) is 19.9.